The van der Waals surface area contributed by atoms with E-state index in [0.717, 1.165) is 6.42 Å². The monoisotopic (exact) mass is 460 g/mol. The van der Waals surface area contributed by atoms with E-state index in [1.54, 1.807) is 12.1 Å². The lowest BCUT2D eigenvalue weighted by Gasteiger charge is -2.11. The number of benzene rings is 1. The first-order valence-corrected chi connectivity index (χ1v) is 8.53. The molecule has 0 aliphatic rings. The maximum absolute atomic E-state index is 12.0. The molecule has 0 radical (unpaired) electrons. The summed E-state index contributed by atoms with van der Waals surface area (Å²) in [5, 5.41) is 3.37. The Hall–Kier alpha value is -0.580. The predicted molar refractivity (Wildman–Crippen MR) is 101 cm³/mol. The topological polar surface area (TPSA) is 96.6 Å². The molecule has 0 aliphatic carbocycles. The van der Waals surface area contributed by atoms with E-state index < -0.39 is 10.0 Å². The molecule has 1 unspecified atom stereocenters. The van der Waals surface area contributed by atoms with Crippen LogP contribution in [0.2, 0.25) is 5.02 Å². The first-order valence-electron chi connectivity index (χ1n) is 6.67. The van der Waals surface area contributed by atoms with Gasteiger partial charge in [0.05, 0.1) is 11.4 Å². The van der Waals surface area contributed by atoms with Crippen molar-refractivity contribution in [3.8, 4) is 0 Å². The van der Waals surface area contributed by atoms with E-state index in [0.29, 0.717) is 11.0 Å². The van der Waals surface area contributed by atoms with Crippen LogP contribution in [0.1, 0.15) is 20.3 Å². The van der Waals surface area contributed by atoms with Crippen LogP contribution in [0, 0.1) is 0 Å². The molecule has 0 spiro atoms. The molecule has 0 fully saturated rings. The summed E-state index contributed by atoms with van der Waals surface area (Å²) in [6.07, 6.45) is 0.928. The van der Waals surface area contributed by atoms with Crippen molar-refractivity contribution in [3.63, 3.8) is 0 Å². The van der Waals surface area contributed by atoms with Crippen LogP contribution >= 0.6 is 35.6 Å². The van der Waals surface area contributed by atoms with E-state index >= 15 is 0 Å². The third kappa shape index (κ3) is 7.61. The van der Waals surface area contributed by atoms with E-state index in [-0.39, 0.29) is 48.0 Å². The van der Waals surface area contributed by atoms with Gasteiger partial charge in [-0.15, -0.1) is 24.0 Å². The molecule has 0 heterocycles. The molecule has 0 aromatic heterocycles. The fourth-order valence-electron chi connectivity index (χ4n) is 1.47. The van der Waals surface area contributed by atoms with Gasteiger partial charge in [-0.05, 0) is 31.5 Å². The Balaban J connectivity index is 0.00000441. The van der Waals surface area contributed by atoms with Crippen LogP contribution in [0.4, 0.5) is 0 Å². The van der Waals surface area contributed by atoms with Gasteiger partial charge in [-0.1, -0.05) is 24.6 Å². The fourth-order valence-corrected chi connectivity index (χ4v) is 2.80. The van der Waals surface area contributed by atoms with Crippen molar-refractivity contribution in [2.75, 3.05) is 13.1 Å². The van der Waals surface area contributed by atoms with Crippen molar-refractivity contribution >= 4 is 51.6 Å². The van der Waals surface area contributed by atoms with Crippen molar-refractivity contribution in [2.24, 2.45) is 10.7 Å². The van der Waals surface area contributed by atoms with Crippen LogP contribution < -0.4 is 15.8 Å². The molecule has 0 bridgehead atoms. The second-order valence-corrected chi connectivity index (χ2v) is 6.78. The number of halogens is 2. The maximum atomic E-state index is 12.0. The van der Waals surface area contributed by atoms with Gasteiger partial charge in [-0.3, -0.25) is 4.99 Å². The van der Waals surface area contributed by atoms with Gasteiger partial charge in [0.15, 0.2) is 5.96 Å². The molecule has 0 saturated carbocycles. The van der Waals surface area contributed by atoms with E-state index in [9.17, 15) is 8.42 Å². The molecular weight excluding hydrogens is 439 g/mol. The van der Waals surface area contributed by atoms with Crippen molar-refractivity contribution in [1.29, 1.82) is 0 Å². The molecule has 1 aromatic carbocycles. The fraction of sp³-hybridized carbons (Fsp3) is 0.462. The molecule has 126 valence electrons. The zero-order valence-corrected chi connectivity index (χ0v) is 16.4. The van der Waals surface area contributed by atoms with Crippen LogP contribution in [0.3, 0.4) is 0 Å². The molecule has 1 aromatic rings. The van der Waals surface area contributed by atoms with Gasteiger partial charge in [0.2, 0.25) is 10.0 Å². The Bertz CT molecular complexity index is 595. The summed E-state index contributed by atoms with van der Waals surface area (Å²) >= 11 is 5.78. The van der Waals surface area contributed by atoms with E-state index in [2.05, 4.69) is 15.0 Å². The summed E-state index contributed by atoms with van der Waals surface area (Å²) < 4.78 is 26.4. The lowest BCUT2D eigenvalue weighted by Crippen LogP contribution is -2.38. The Morgan fingerprint density at radius 1 is 1.45 bits per heavy atom. The zero-order chi connectivity index (χ0) is 15.9. The molecular formula is C13H22ClIN4O2S. The minimum atomic E-state index is -3.57. The van der Waals surface area contributed by atoms with Gasteiger partial charge >= 0.3 is 0 Å². The van der Waals surface area contributed by atoms with Gasteiger partial charge in [-0.25, -0.2) is 13.1 Å². The second kappa shape index (κ2) is 10.2. The summed E-state index contributed by atoms with van der Waals surface area (Å²) in [6, 6.07) is 6.31. The Morgan fingerprint density at radius 2 is 2.14 bits per heavy atom. The first kappa shape index (κ1) is 21.4. The molecule has 6 nitrogen and oxygen atoms in total. The number of aliphatic imine (C=N–C) groups is 1. The normalized spacial score (nSPS) is 13.3. The van der Waals surface area contributed by atoms with Crippen molar-refractivity contribution in [1.82, 2.24) is 10.0 Å². The number of hydrogen-bond acceptors (Lipinski definition) is 3. The SMILES string of the molecule is CCC(C)NC(N)=NCCNS(=O)(=O)c1cccc(Cl)c1.I. The largest absolute Gasteiger partial charge is 0.370 e. The minimum Gasteiger partial charge on any atom is -0.370 e. The number of sulfonamides is 1. The number of hydrogen-bond donors (Lipinski definition) is 3. The first-order chi connectivity index (χ1) is 9.85. The number of nitrogens with two attached hydrogens (primary N) is 1. The summed E-state index contributed by atoms with van der Waals surface area (Å²) in [5.74, 6) is 0.311. The highest BCUT2D eigenvalue weighted by Crippen LogP contribution is 2.14. The summed E-state index contributed by atoms with van der Waals surface area (Å²) in [7, 11) is -3.57. The van der Waals surface area contributed by atoms with Crippen molar-refractivity contribution in [2.45, 2.75) is 31.2 Å². The molecule has 22 heavy (non-hydrogen) atoms. The zero-order valence-electron chi connectivity index (χ0n) is 12.5. The quantitative estimate of drug-likeness (QED) is 0.251. The minimum absolute atomic E-state index is 0. The van der Waals surface area contributed by atoms with E-state index in [1.165, 1.54) is 12.1 Å². The maximum Gasteiger partial charge on any atom is 0.240 e. The highest BCUT2D eigenvalue weighted by Gasteiger charge is 2.13. The van der Waals surface area contributed by atoms with Crippen LogP contribution in [0.15, 0.2) is 34.2 Å². The van der Waals surface area contributed by atoms with Gasteiger partial charge < -0.3 is 11.1 Å². The lowest BCUT2D eigenvalue weighted by atomic mass is 10.3. The van der Waals surface area contributed by atoms with Crippen LogP contribution in [0.5, 0.6) is 0 Å². The molecule has 9 heteroatoms. The number of nitrogens with zero attached hydrogens (tertiary/aromatic N) is 1. The summed E-state index contributed by atoms with van der Waals surface area (Å²) in [5.41, 5.74) is 5.68. The number of rotatable bonds is 7. The molecule has 4 N–H and O–H groups in total. The molecule has 1 rings (SSSR count). The Morgan fingerprint density at radius 3 is 2.73 bits per heavy atom. The summed E-state index contributed by atoms with van der Waals surface area (Å²) in [6.45, 7) is 4.45. The molecule has 0 aliphatic heterocycles. The standard InChI is InChI=1S/C13H21ClN4O2S.HI/c1-3-10(2)18-13(15)16-7-8-17-21(19,20)12-6-4-5-11(14)9-12;/h4-6,9-10,17H,3,7-8H2,1-2H3,(H3,15,16,18);1H. The third-order valence-corrected chi connectivity index (χ3v) is 4.49. The summed E-state index contributed by atoms with van der Waals surface area (Å²) in [4.78, 5) is 4.19. The van der Waals surface area contributed by atoms with Crippen LogP contribution in [0.25, 0.3) is 0 Å². The average molecular weight is 461 g/mol. The second-order valence-electron chi connectivity index (χ2n) is 4.58. The third-order valence-electron chi connectivity index (χ3n) is 2.80. The lowest BCUT2D eigenvalue weighted by molar-refractivity contribution is 0.582. The van der Waals surface area contributed by atoms with Gasteiger partial charge in [0.25, 0.3) is 0 Å². The highest BCUT2D eigenvalue weighted by molar-refractivity contribution is 14.0. The highest BCUT2D eigenvalue weighted by atomic mass is 127. The smallest absolute Gasteiger partial charge is 0.240 e. The van der Waals surface area contributed by atoms with Crippen molar-refractivity contribution in [3.05, 3.63) is 29.3 Å². The Labute approximate surface area is 154 Å². The Kier molecular flexibility index (Phi) is 9.97. The molecule has 0 saturated heterocycles. The van der Waals surface area contributed by atoms with Gasteiger partial charge in [0, 0.05) is 17.6 Å². The van der Waals surface area contributed by atoms with E-state index in [1.807, 2.05) is 13.8 Å². The van der Waals surface area contributed by atoms with Gasteiger partial charge in [0.1, 0.15) is 0 Å². The number of guanidine groups is 1. The average Bonchev–Trinajstić information content (AvgIpc) is 2.43. The molecule has 0 amide bonds. The van der Waals surface area contributed by atoms with Gasteiger partial charge in [-0.2, -0.15) is 0 Å². The van der Waals surface area contributed by atoms with Crippen LogP contribution in [-0.2, 0) is 10.0 Å². The van der Waals surface area contributed by atoms with Crippen LogP contribution in [-0.4, -0.2) is 33.5 Å². The number of nitrogens with one attached hydrogen (secondary N) is 2. The van der Waals surface area contributed by atoms with Crippen molar-refractivity contribution < 1.29 is 8.42 Å². The predicted octanol–water partition coefficient (Wildman–Crippen LogP) is 1.94. The molecule has 1 atom stereocenters. The van der Waals surface area contributed by atoms with E-state index in [4.69, 9.17) is 17.3 Å².